The molecule has 2 saturated heterocycles. The molecule has 120 valence electrons. The van der Waals surface area contributed by atoms with Crippen LogP contribution in [0.25, 0.3) is 0 Å². The molecular formula is C18H26N2O2. The molecule has 1 saturated carbocycles. The van der Waals surface area contributed by atoms with Gasteiger partial charge in [0.05, 0.1) is 24.0 Å². The van der Waals surface area contributed by atoms with Crippen molar-refractivity contribution in [2.75, 3.05) is 26.3 Å². The van der Waals surface area contributed by atoms with Crippen molar-refractivity contribution in [3.63, 3.8) is 0 Å². The molecule has 3 heterocycles. The van der Waals surface area contributed by atoms with E-state index in [1.165, 1.54) is 12.8 Å². The van der Waals surface area contributed by atoms with Gasteiger partial charge in [-0.25, -0.2) is 0 Å². The predicted molar refractivity (Wildman–Crippen MR) is 84.6 cm³/mol. The second kappa shape index (κ2) is 5.91. The Morgan fingerprint density at radius 1 is 1.41 bits per heavy atom. The molecule has 3 aliphatic rings. The minimum atomic E-state index is 0.0397. The second-order valence-corrected chi connectivity index (χ2v) is 7.33. The molecule has 4 heteroatoms. The van der Waals surface area contributed by atoms with Crippen LogP contribution in [0.4, 0.5) is 0 Å². The lowest BCUT2D eigenvalue weighted by Crippen LogP contribution is -2.33. The van der Waals surface area contributed by atoms with Gasteiger partial charge in [0.2, 0.25) is 0 Å². The first kappa shape index (κ1) is 14.6. The summed E-state index contributed by atoms with van der Waals surface area (Å²) >= 11 is 0. The number of ether oxygens (including phenoxy) is 2. The summed E-state index contributed by atoms with van der Waals surface area (Å²) in [6, 6.07) is 6.27. The van der Waals surface area contributed by atoms with Gasteiger partial charge in [0.15, 0.2) is 0 Å². The van der Waals surface area contributed by atoms with Gasteiger partial charge >= 0.3 is 0 Å². The summed E-state index contributed by atoms with van der Waals surface area (Å²) in [4.78, 5) is 7.09. The van der Waals surface area contributed by atoms with Crippen molar-refractivity contribution in [3.8, 4) is 0 Å². The first-order valence-corrected chi connectivity index (χ1v) is 8.61. The summed E-state index contributed by atoms with van der Waals surface area (Å²) in [7, 11) is 0. The van der Waals surface area contributed by atoms with Crippen molar-refractivity contribution >= 4 is 0 Å². The maximum Gasteiger partial charge on any atom is 0.0847 e. The molecule has 0 aromatic carbocycles. The monoisotopic (exact) mass is 302 g/mol. The molecule has 2 unspecified atom stereocenters. The van der Waals surface area contributed by atoms with Gasteiger partial charge in [-0.2, -0.15) is 0 Å². The van der Waals surface area contributed by atoms with E-state index in [2.05, 4.69) is 35.0 Å². The third kappa shape index (κ3) is 3.34. The Balaban J connectivity index is 1.30. The lowest BCUT2D eigenvalue weighted by atomic mass is 9.98. The van der Waals surface area contributed by atoms with Crippen LogP contribution < -0.4 is 0 Å². The van der Waals surface area contributed by atoms with Gasteiger partial charge in [-0.15, -0.1) is 0 Å². The Hall–Kier alpha value is -0.970. The normalized spacial score (nSPS) is 32.1. The van der Waals surface area contributed by atoms with Crippen molar-refractivity contribution in [1.29, 1.82) is 0 Å². The number of aromatic nitrogens is 1. The van der Waals surface area contributed by atoms with Crippen LogP contribution in [0.1, 0.15) is 37.1 Å². The summed E-state index contributed by atoms with van der Waals surface area (Å²) in [5, 5.41) is 0. The standard InChI is InChI=1S/C18H26N2O2/c1-14-3-2-4-16(19-14)10-20-8-7-18(13-20)9-17(12-22-18)21-11-15-5-6-15/h2-4,15,17H,5-13H2,1H3. The molecule has 0 N–H and O–H groups in total. The van der Waals surface area contributed by atoms with Gasteiger partial charge in [0.1, 0.15) is 0 Å². The highest BCUT2D eigenvalue weighted by Crippen LogP contribution is 2.37. The maximum absolute atomic E-state index is 6.17. The van der Waals surface area contributed by atoms with Crippen LogP contribution in [-0.2, 0) is 16.0 Å². The highest BCUT2D eigenvalue weighted by molar-refractivity contribution is 5.10. The van der Waals surface area contributed by atoms with E-state index in [1.807, 2.05) is 0 Å². The van der Waals surface area contributed by atoms with E-state index in [1.54, 1.807) is 0 Å². The molecule has 0 radical (unpaired) electrons. The predicted octanol–water partition coefficient (Wildman–Crippen LogP) is 2.55. The van der Waals surface area contributed by atoms with Crippen molar-refractivity contribution < 1.29 is 9.47 Å². The van der Waals surface area contributed by atoms with Gasteiger partial charge < -0.3 is 9.47 Å². The number of aryl methyl sites for hydroxylation is 1. The quantitative estimate of drug-likeness (QED) is 0.837. The number of likely N-dealkylation sites (tertiary alicyclic amines) is 1. The average molecular weight is 302 g/mol. The van der Waals surface area contributed by atoms with E-state index in [0.29, 0.717) is 6.10 Å². The fraction of sp³-hybridized carbons (Fsp3) is 0.722. The molecule has 4 nitrogen and oxygen atoms in total. The number of pyridine rings is 1. The molecule has 2 atom stereocenters. The molecule has 0 bridgehead atoms. The Morgan fingerprint density at radius 3 is 3.14 bits per heavy atom. The first-order valence-electron chi connectivity index (χ1n) is 8.61. The topological polar surface area (TPSA) is 34.6 Å². The zero-order valence-corrected chi connectivity index (χ0v) is 13.5. The number of hydrogen-bond donors (Lipinski definition) is 0. The highest BCUT2D eigenvalue weighted by atomic mass is 16.6. The summed E-state index contributed by atoms with van der Waals surface area (Å²) in [6.07, 6.45) is 5.23. The zero-order chi connectivity index (χ0) is 15.0. The molecule has 0 amide bonds. The highest BCUT2D eigenvalue weighted by Gasteiger charge is 2.46. The van der Waals surface area contributed by atoms with Crippen LogP contribution in [0.15, 0.2) is 18.2 Å². The Labute approximate surface area is 132 Å². The zero-order valence-electron chi connectivity index (χ0n) is 13.5. The van der Waals surface area contributed by atoms with E-state index in [0.717, 1.165) is 63.0 Å². The summed E-state index contributed by atoms with van der Waals surface area (Å²) in [5.74, 6) is 0.837. The van der Waals surface area contributed by atoms with Crippen LogP contribution >= 0.6 is 0 Å². The van der Waals surface area contributed by atoms with Gasteiger partial charge in [-0.3, -0.25) is 9.88 Å². The summed E-state index contributed by atoms with van der Waals surface area (Å²) < 4.78 is 12.2. The van der Waals surface area contributed by atoms with E-state index in [9.17, 15) is 0 Å². The van der Waals surface area contributed by atoms with Crippen LogP contribution in [-0.4, -0.2) is 47.9 Å². The van der Waals surface area contributed by atoms with Crippen LogP contribution in [0, 0.1) is 12.8 Å². The van der Waals surface area contributed by atoms with Gasteiger partial charge in [-0.05, 0) is 44.2 Å². The molecule has 4 rings (SSSR count). The molecule has 22 heavy (non-hydrogen) atoms. The van der Waals surface area contributed by atoms with Gasteiger partial charge in [-0.1, -0.05) is 6.07 Å². The number of rotatable bonds is 5. The third-order valence-electron chi connectivity index (χ3n) is 5.17. The van der Waals surface area contributed by atoms with Crippen molar-refractivity contribution in [2.24, 2.45) is 5.92 Å². The lowest BCUT2D eigenvalue weighted by molar-refractivity contribution is 0.000802. The Kier molecular flexibility index (Phi) is 3.93. The van der Waals surface area contributed by atoms with E-state index >= 15 is 0 Å². The first-order chi connectivity index (χ1) is 10.7. The van der Waals surface area contributed by atoms with Crippen LogP contribution in [0.2, 0.25) is 0 Å². The maximum atomic E-state index is 6.17. The van der Waals surface area contributed by atoms with E-state index in [4.69, 9.17) is 9.47 Å². The van der Waals surface area contributed by atoms with Crippen molar-refractivity contribution in [3.05, 3.63) is 29.6 Å². The van der Waals surface area contributed by atoms with E-state index < -0.39 is 0 Å². The van der Waals surface area contributed by atoms with Crippen LogP contribution in [0.5, 0.6) is 0 Å². The van der Waals surface area contributed by atoms with Crippen molar-refractivity contribution in [2.45, 2.75) is 50.9 Å². The summed E-state index contributed by atoms with van der Waals surface area (Å²) in [6.45, 7) is 6.83. The summed E-state index contributed by atoms with van der Waals surface area (Å²) in [5.41, 5.74) is 2.30. The minimum absolute atomic E-state index is 0.0397. The number of nitrogens with zero attached hydrogens (tertiary/aromatic N) is 2. The van der Waals surface area contributed by atoms with Gasteiger partial charge in [0, 0.05) is 38.4 Å². The van der Waals surface area contributed by atoms with E-state index in [-0.39, 0.29) is 5.60 Å². The number of hydrogen-bond acceptors (Lipinski definition) is 4. The largest absolute Gasteiger partial charge is 0.375 e. The molecule has 1 aromatic rings. The second-order valence-electron chi connectivity index (χ2n) is 7.33. The van der Waals surface area contributed by atoms with Gasteiger partial charge in [0.25, 0.3) is 0 Å². The van der Waals surface area contributed by atoms with Crippen molar-refractivity contribution in [1.82, 2.24) is 9.88 Å². The molecule has 1 aliphatic carbocycles. The third-order valence-corrected chi connectivity index (χ3v) is 5.17. The minimum Gasteiger partial charge on any atom is -0.375 e. The SMILES string of the molecule is Cc1cccc(CN2CCC3(CC(OCC4CC4)CO3)C2)n1. The lowest BCUT2D eigenvalue weighted by Gasteiger charge is -2.23. The molecule has 1 spiro atoms. The average Bonchev–Trinajstić information content (AvgIpc) is 3.14. The molecule has 1 aromatic heterocycles. The Bertz CT molecular complexity index is 532. The smallest absolute Gasteiger partial charge is 0.0847 e. The van der Waals surface area contributed by atoms with Crippen LogP contribution in [0.3, 0.4) is 0 Å². The molecule has 3 fully saturated rings. The molecule has 2 aliphatic heterocycles. The molecular weight excluding hydrogens is 276 g/mol. The fourth-order valence-corrected chi connectivity index (χ4v) is 3.73. The Morgan fingerprint density at radius 2 is 2.32 bits per heavy atom. The fourth-order valence-electron chi connectivity index (χ4n) is 3.73.